The second kappa shape index (κ2) is 7.04. The molecule has 4 rings (SSSR count). The Bertz CT molecular complexity index is 834. The van der Waals surface area contributed by atoms with Crippen molar-refractivity contribution in [2.45, 2.75) is 18.8 Å². The van der Waals surface area contributed by atoms with Gasteiger partial charge in [0.1, 0.15) is 5.82 Å². The third-order valence-corrected chi connectivity index (χ3v) is 4.95. The lowest BCUT2D eigenvalue weighted by Crippen LogP contribution is -2.53. The molecule has 0 aliphatic carbocycles. The minimum atomic E-state index is -0.668. The van der Waals surface area contributed by atoms with E-state index in [0.717, 1.165) is 30.2 Å². The maximum Gasteiger partial charge on any atom is 0.222 e. The molecule has 1 atom stereocenters. The largest absolute Gasteiger partial charge is 0.337 e. The van der Waals surface area contributed by atoms with Crippen LogP contribution in [0.3, 0.4) is 0 Å². The Morgan fingerprint density at radius 3 is 3.00 bits per heavy atom. The molecule has 25 heavy (non-hydrogen) atoms. The van der Waals surface area contributed by atoms with Crippen LogP contribution in [0.25, 0.3) is 5.82 Å². The number of hydrogen-bond acceptors (Lipinski definition) is 6. The molecule has 0 radical (unpaired) electrons. The molecule has 0 fully saturated rings. The summed E-state index contributed by atoms with van der Waals surface area (Å²) < 4.78 is 3.88. The number of hydrogen-bond donors (Lipinski definition) is 2. The first-order valence-corrected chi connectivity index (χ1v) is 9.02. The molecule has 0 saturated carbocycles. The van der Waals surface area contributed by atoms with Gasteiger partial charge in [0.2, 0.25) is 5.79 Å². The SMILES string of the molecule is C1=NC(NCCCn2ccnc2)(c2cccs2)NC(n2cccn2)=C1. The van der Waals surface area contributed by atoms with Gasteiger partial charge in [0.05, 0.1) is 11.2 Å². The van der Waals surface area contributed by atoms with Crippen molar-refractivity contribution in [3.05, 3.63) is 65.6 Å². The second-order valence-electron chi connectivity index (χ2n) is 5.67. The molecule has 1 aliphatic heterocycles. The number of aryl methyl sites for hydroxylation is 1. The molecule has 0 amide bonds. The Morgan fingerprint density at radius 2 is 2.24 bits per heavy atom. The number of nitrogens with one attached hydrogen (secondary N) is 2. The molecular weight excluding hydrogens is 334 g/mol. The first-order valence-electron chi connectivity index (χ1n) is 8.14. The number of imidazole rings is 1. The number of aliphatic imine (C=N–C) groups is 1. The zero-order valence-corrected chi connectivity index (χ0v) is 14.4. The highest BCUT2D eigenvalue weighted by Gasteiger charge is 2.34. The van der Waals surface area contributed by atoms with Crippen molar-refractivity contribution in [2.24, 2.45) is 4.99 Å². The van der Waals surface area contributed by atoms with Crippen molar-refractivity contribution in [1.29, 1.82) is 0 Å². The van der Waals surface area contributed by atoms with E-state index < -0.39 is 5.79 Å². The highest BCUT2D eigenvalue weighted by molar-refractivity contribution is 7.10. The summed E-state index contributed by atoms with van der Waals surface area (Å²) in [6, 6.07) is 6.03. The predicted molar refractivity (Wildman–Crippen MR) is 99.0 cm³/mol. The monoisotopic (exact) mass is 353 g/mol. The molecule has 4 heterocycles. The first kappa shape index (κ1) is 15.8. The predicted octanol–water partition coefficient (Wildman–Crippen LogP) is 2.10. The molecule has 2 N–H and O–H groups in total. The summed E-state index contributed by atoms with van der Waals surface area (Å²) in [6.07, 6.45) is 14.0. The minimum Gasteiger partial charge on any atom is -0.337 e. The van der Waals surface area contributed by atoms with Crippen LogP contribution < -0.4 is 10.6 Å². The Hall–Kier alpha value is -2.71. The second-order valence-corrected chi connectivity index (χ2v) is 6.62. The summed E-state index contributed by atoms with van der Waals surface area (Å²) in [6.45, 7) is 1.73. The minimum absolute atomic E-state index is 0.668. The smallest absolute Gasteiger partial charge is 0.222 e. The molecular formula is C17H19N7S. The molecule has 1 aliphatic rings. The molecule has 3 aromatic rings. The van der Waals surface area contributed by atoms with E-state index >= 15 is 0 Å². The molecule has 3 aromatic heterocycles. The number of thiophene rings is 1. The van der Waals surface area contributed by atoms with Crippen LogP contribution in [-0.4, -0.2) is 32.1 Å². The van der Waals surface area contributed by atoms with Crippen LogP contribution in [0.15, 0.2) is 65.8 Å². The fourth-order valence-corrected chi connectivity index (χ4v) is 3.57. The van der Waals surface area contributed by atoms with Crippen molar-refractivity contribution in [2.75, 3.05) is 6.54 Å². The van der Waals surface area contributed by atoms with Crippen molar-refractivity contribution < 1.29 is 0 Å². The van der Waals surface area contributed by atoms with Gasteiger partial charge in [0.15, 0.2) is 0 Å². The highest BCUT2D eigenvalue weighted by Crippen LogP contribution is 2.28. The van der Waals surface area contributed by atoms with Crippen molar-refractivity contribution >= 4 is 23.4 Å². The standard InChI is InChI=1S/C17H19N7S/c1-4-15(25-13-1)17(19-6-2-10-23-12-9-18-14-23)20-8-5-16(22-17)24-11-3-7-21-24/h1,3-5,7-9,11-14,19,22H,2,6,10H2. The van der Waals surface area contributed by atoms with E-state index in [2.05, 4.69) is 36.7 Å². The van der Waals surface area contributed by atoms with Gasteiger partial charge in [0.25, 0.3) is 0 Å². The molecule has 0 aromatic carbocycles. The van der Waals surface area contributed by atoms with E-state index in [4.69, 9.17) is 4.99 Å². The van der Waals surface area contributed by atoms with Gasteiger partial charge in [-0.1, -0.05) is 6.07 Å². The zero-order chi connectivity index (χ0) is 17.0. The molecule has 128 valence electrons. The van der Waals surface area contributed by atoms with Crippen LogP contribution in [0.1, 0.15) is 11.3 Å². The third kappa shape index (κ3) is 3.40. The average molecular weight is 353 g/mol. The van der Waals surface area contributed by atoms with Crippen molar-refractivity contribution in [3.63, 3.8) is 0 Å². The van der Waals surface area contributed by atoms with Crippen molar-refractivity contribution in [3.8, 4) is 0 Å². The summed E-state index contributed by atoms with van der Waals surface area (Å²) >= 11 is 1.67. The van der Waals surface area contributed by atoms with Gasteiger partial charge in [0, 0.05) is 44.1 Å². The van der Waals surface area contributed by atoms with E-state index in [9.17, 15) is 0 Å². The zero-order valence-electron chi connectivity index (χ0n) is 13.6. The van der Waals surface area contributed by atoms with Crippen LogP contribution in [-0.2, 0) is 12.3 Å². The molecule has 1 unspecified atom stereocenters. The van der Waals surface area contributed by atoms with Crippen molar-refractivity contribution in [1.82, 2.24) is 30.0 Å². The number of aromatic nitrogens is 4. The molecule has 8 heteroatoms. The Balaban J connectivity index is 1.49. The van der Waals surface area contributed by atoms with E-state index in [1.807, 2.05) is 43.1 Å². The lowest BCUT2D eigenvalue weighted by molar-refractivity contribution is 0.308. The highest BCUT2D eigenvalue weighted by atomic mass is 32.1. The van der Waals surface area contributed by atoms with Crippen LogP contribution in [0.4, 0.5) is 0 Å². The van der Waals surface area contributed by atoms with E-state index in [-0.39, 0.29) is 0 Å². The molecule has 0 spiro atoms. The topological polar surface area (TPSA) is 72.1 Å². The van der Waals surface area contributed by atoms with Gasteiger partial charge >= 0.3 is 0 Å². The first-order chi connectivity index (χ1) is 12.4. The van der Waals surface area contributed by atoms with Gasteiger partial charge in [-0.15, -0.1) is 11.3 Å². The molecule has 7 nitrogen and oxygen atoms in total. The quantitative estimate of drug-likeness (QED) is 0.638. The number of allylic oxidation sites excluding steroid dienone is 1. The van der Waals surface area contributed by atoms with Crippen LogP contribution in [0, 0.1) is 0 Å². The fraction of sp³-hybridized carbons (Fsp3) is 0.235. The van der Waals surface area contributed by atoms with Gasteiger partial charge in [-0.25, -0.2) is 14.7 Å². The molecule has 0 saturated heterocycles. The Labute approximate surface area is 149 Å². The maximum atomic E-state index is 4.72. The summed E-state index contributed by atoms with van der Waals surface area (Å²) in [5, 5.41) is 13.5. The van der Waals surface area contributed by atoms with Gasteiger partial charge in [-0.05, 0) is 30.0 Å². The molecule has 0 bridgehead atoms. The van der Waals surface area contributed by atoms with E-state index in [0.29, 0.717) is 0 Å². The third-order valence-electron chi connectivity index (χ3n) is 3.97. The van der Waals surface area contributed by atoms with Gasteiger partial charge in [-0.2, -0.15) is 5.10 Å². The van der Waals surface area contributed by atoms with Crippen LogP contribution >= 0.6 is 11.3 Å². The lowest BCUT2D eigenvalue weighted by atomic mass is 10.2. The Morgan fingerprint density at radius 1 is 1.24 bits per heavy atom. The van der Waals surface area contributed by atoms with Gasteiger partial charge < -0.3 is 9.88 Å². The van der Waals surface area contributed by atoms with E-state index in [1.165, 1.54) is 0 Å². The average Bonchev–Trinajstić information content (AvgIpc) is 3.42. The van der Waals surface area contributed by atoms with Crippen LogP contribution in [0.5, 0.6) is 0 Å². The maximum absolute atomic E-state index is 4.72. The normalized spacial score (nSPS) is 19.6. The summed E-state index contributed by atoms with van der Waals surface area (Å²) in [7, 11) is 0. The number of rotatable bonds is 7. The lowest BCUT2D eigenvalue weighted by Gasteiger charge is -2.34. The van der Waals surface area contributed by atoms with Gasteiger partial charge in [-0.3, -0.25) is 5.32 Å². The fourth-order valence-electron chi connectivity index (χ4n) is 2.76. The Kier molecular flexibility index (Phi) is 4.45. The van der Waals surface area contributed by atoms with Crippen LogP contribution in [0.2, 0.25) is 0 Å². The summed E-state index contributed by atoms with van der Waals surface area (Å²) in [5.41, 5.74) is 0. The summed E-state index contributed by atoms with van der Waals surface area (Å²) in [4.78, 5) is 9.91. The number of nitrogens with zero attached hydrogens (tertiary/aromatic N) is 5. The summed E-state index contributed by atoms with van der Waals surface area (Å²) in [5.74, 6) is 0.217. The van der Waals surface area contributed by atoms with E-state index in [1.54, 1.807) is 28.4 Å².